The zero-order valence-corrected chi connectivity index (χ0v) is 22.8. The third-order valence-corrected chi connectivity index (χ3v) is 8.14. The van der Waals surface area contributed by atoms with E-state index in [1.807, 2.05) is 18.0 Å². The molecule has 2 aromatic carbocycles. The zero-order valence-electron chi connectivity index (χ0n) is 22.8. The monoisotopic (exact) mass is 551 g/mol. The molecule has 4 heterocycles. The van der Waals surface area contributed by atoms with E-state index in [9.17, 15) is 18.0 Å². The zero-order chi connectivity index (χ0) is 28.1. The number of fused-ring (bicyclic) bond motifs is 3. The van der Waals surface area contributed by atoms with Gasteiger partial charge in [0.15, 0.2) is 0 Å². The number of alkyl halides is 2. The normalized spacial score (nSPS) is 18.4. The fourth-order valence-electron chi connectivity index (χ4n) is 6.01. The summed E-state index contributed by atoms with van der Waals surface area (Å²) in [6, 6.07) is 5.44. The molecule has 0 aliphatic carbocycles. The molecular weight excluding hydrogens is 519 g/mol. The highest BCUT2D eigenvalue weighted by Gasteiger charge is 2.34. The SMILES string of the molecule is Cc1nc(N[C@H](C)c2cccc(C(F)F)c2F)c2cc(C3=CCN(C(=O)C4CN(C)C4)CC3)c3c(c2n1)CCO3. The van der Waals surface area contributed by atoms with Crippen molar-refractivity contribution in [1.29, 1.82) is 0 Å². The van der Waals surface area contributed by atoms with E-state index in [1.54, 1.807) is 13.8 Å². The number of aryl methyl sites for hydroxylation is 1. The Kier molecular flexibility index (Phi) is 6.90. The molecule has 1 N–H and O–H groups in total. The van der Waals surface area contributed by atoms with E-state index >= 15 is 0 Å². The summed E-state index contributed by atoms with van der Waals surface area (Å²) < 4.78 is 47.7. The smallest absolute Gasteiger partial charge is 0.266 e. The number of hydrogen-bond acceptors (Lipinski definition) is 6. The molecule has 1 amide bonds. The van der Waals surface area contributed by atoms with Crippen molar-refractivity contribution < 1.29 is 22.7 Å². The van der Waals surface area contributed by atoms with Crippen molar-refractivity contribution in [2.24, 2.45) is 5.92 Å². The van der Waals surface area contributed by atoms with Gasteiger partial charge in [-0.1, -0.05) is 24.3 Å². The fraction of sp³-hybridized carbons (Fsp3) is 0.433. The topological polar surface area (TPSA) is 70.6 Å². The number of nitrogens with zero attached hydrogens (tertiary/aromatic N) is 4. The first-order chi connectivity index (χ1) is 19.2. The van der Waals surface area contributed by atoms with Crippen LogP contribution in [-0.4, -0.2) is 65.5 Å². The largest absolute Gasteiger partial charge is 0.492 e. The summed E-state index contributed by atoms with van der Waals surface area (Å²) in [6.45, 7) is 6.87. The molecule has 3 aliphatic heterocycles. The van der Waals surface area contributed by atoms with Gasteiger partial charge in [0, 0.05) is 54.7 Å². The van der Waals surface area contributed by atoms with Gasteiger partial charge in [-0.25, -0.2) is 23.1 Å². The molecule has 0 spiro atoms. The Morgan fingerprint density at radius 1 is 1.18 bits per heavy atom. The first-order valence-corrected chi connectivity index (χ1v) is 13.7. The fourth-order valence-corrected chi connectivity index (χ4v) is 6.01. The number of aromatic nitrogens is 2. The van der Waals surface area contributed by atoms with E-state index < -0.39 is 23.8 Å². The molecule has 7 nitrogen and oxygen atoms in total. The van der Waals surface area contributed by atoms with Gasteiger partial charge >= 0.3 is 0 Å². The van der Waals surface area contributed by atoms with Crippen LogP contribution in [0.25, 0.3) is 16.5 Å². The summed E-state index contributed by atoms with van der Waals surface area (Å²) in [5, 5.41) is 4.03. The number of benzene rings is 2. The van der Waals surface area contributed by atoms with Crippen LogP contribution in [0.15, 0.2) is 30.3 Å². The minimum absolute atomic E-state index is 0.0791. The molecule has 1 fully saturated rings. The second-order valence-corrected chi connectivity index (χ2v) is 10.9. The van der Waals surface area contributed by atoms with Gasteiger partial charge in [-0.05, 0) is 39.0 Å². The highest BCUT2D eigenvalue weighted by atomic mass is 19.3. The molecule has 40 heavy (non-hydrogen) atoms. The van der Waals surface area contributed by atoms with Crippen LogP contribution < -0.4 is 10.1 Å². The van der Waals surface area contributed by atoms with Crippen LogP contribution in [0.4, 0.5) is 19.0 Å². The van der Waals surface area contributed by atoms with Gasteiger partial charge in [-0.15, -0.1) is 0 Å². The van der Waals surface area contributed by atoms with E-state index in [-0.39, 0.29) is 17.4 Å². The maximum Gasteiger partial charge on any atom is 0.266 e. The lowest BCUT2D eigenvalue weighted by Gasteiger charge is -2.39. The summed E-state index contributed by atoms with van der Waals surface area (Å²) in [7, 11) is 2.02. The minimum atomic E-state index is -2.90. The number of carbonyl (C=O) groups excluding carboxylic acids is 1. The van der Waals surface area contributed by atoms with Crippen LogP contribution in [0, 0.1) is 18.7 Å². The van der Waals surface area contributed by atoms with E-state index in [4.69, 9.17) is 9.72 Å². The van der Waals surface area contributed by atoms with E-state index in [1.165, 1.54) is 12.1 Å². The lowest BCUT2D eigenvalue weighted by Crippen LogP contribution is -2.53. The first-order valence-electron chi connectivity index (χ1n) is 13.7. The number of rotatable bonds is 6. The molecular formula is C30H32F3N5O2. The quantitative estimate of drug-likeness (QED) is 0.449. The van der Waals surface area contributed by atoms with Crippen LogP contribution in [0.1, 0.15) is 53.9 Å². The highest BCUT2D eigenvalue weighted by Crippen LogP contribution is 2.42. The van der Waals surface area contributed by atoms with Crippen LogP contribution >= 0.6 is 0 Å². The molecule has 0 unspecified atom stereocenters. The predicted molar refractivity (Wildman–Crippen MR) is 147 cm³/mol. The van der Waals surface area contributed by atoms with Gasteiger partial charge in [0.05, 0.1) is 29.6 Å². The van der Waals surface area contributed by atoms with Gasteiger partial charge in [0.25, 0.3) is 6.43 Å². The van der Waals surface area contributed by atoms with Crippen molar-refractivity contribution in [2.45, 2.75) is 39.2 Å². The molecule has 0 radical (unpaired) electrons. The lowest BCUT2D eigenvalue weighted by molar-refractivity contribution is -0.140. The Balaban J connectivity index is 1.35. The maximum atomic E-state index is 14.9. The van der Waals surface area contributed by atoms with E-state index in [2.05, 4.69) is 21.3 Å². The summed E-state index contributed by atoms with van der Waals surface area (Å²) in [5.41, 5.74) is 3.34. The van der Waals surface area contributed by atoms with Crippen molar-refractivity contribution >= 4 is 28.2 Å². The van der Waals surface area contributed by atoms with Crippen molar-refractivity contribution in [3.63, 3.8) is 0 Å². The molecule has 0 saturated carbocycles. The summed E-state index contributed by atoms with van der Waals surface area (Å²) in [6.07, 6.45) is 0.601. The molecule has 1 aromatic heterocycles. The van der Waals surface area contributed by atoms with Crippen LogP contribution in [-0.2, 0) is 11.2 Å². The molecule has 6 rings (SSSR count). The number of likely N-dealkylation sites (tertiary alicyclic amines) is 1. The summed E-state index contributed by atoms with van der Waals surface area (Å²) in [5.74, 6) is 1.24. The van der Waals surface area contributed by atoms with Gasteiger partial charge in [-0.3, -0.25) is 4.79 Å². The number of ether oxygens (including phenoxy) is 1. The summed E-state index contributed by atoms with van der Waals surface area (Å²) >= 11 is 0. The van der Waals surface area contributed by atoms with Crippen LogP contribution in [0.2, 0.25) is 0 Å². The average molecular weight is 552 g/mol. The molecule has 10 heteroatoms. The second-order valence-electron chi connectivity index (χ2n) is 10.9. The highest BCUT2D eigenvalue weighted by molar-refractivity contribution is 5.97. The maximum absolute atomic E-state index is 14.9. The summed E-state index contributed by atoms with van der Waals surface area (Å²) in [4.78, 5) is 26.3. The number of hydrogen-bond donors (Lipinski definition) is 1. The molecule has 1 atom stereocenters. The van der Waals surface area contributed by atoms with E-state index in [0.717, 1.165) is 52.5 Å². The number of halogens is 3. The Morgan fingerprint density at radius 2 is 1.95 bits per heavy atom. The molecule has 3 aromatic rings. The van der Waals surface area contributed by atoms with Gasteiger partial charge in [-0.2, -0.15) is 0 Å². The second kappa shape index (κ2) is 10.4. The molecule has 1 saturated heterocycles. The van der Waals surface area contributed by atoms with Crippen molar-refractivity contribution in [3.05, 3.63) is 64.2 Å². The predicted octanol–water partition coefficient (Wildman–Crippen LogP) is 5.30. The third kappa shape index (κ3) is 4.68. The Bertz CT molecular complexity index is 1520. The molecule has 210 valence electrons. The van der Waals surface area contributed by atoms with Crippen LogP contribution in [0.3, 0.4) is 0 Å². The number of anilines is 1. The van der Waals surface area contributed by atoms with Gasteiger partial charge in [0.1, 0.15) is 23.2 Å². The van der Waals surface area contributed by atoms with Crippen LogP contribution in [0.5, 0.6) is 5.75 Å². The Morgan fingerprint density at radius 3 is 2.65 bits per heavy atom. The molecule has 0 bridgehead atoms. The van der Waals surface area contributed by atoms with Gasteiger partial charge < -0.3 is 19.9 Å². The van der Waals surface area contributed by atoms with Crippen molar-refractivity contribution in [1.82, 2.24) is 19.8 Å². The molecule has 3 aliphatic rings. The standard InChI is InChI=1S/C30H32F3N5O2/c1-16(20-5-4-6-21(25(20)31)28(32)33)34-29-24-13-23(27-22(9-12-40-27)26(24)35-17(2)36-29)18-7-10-38(11-8-18)30(39)19-14-37(3)15-19/h4-7,13,16,19,28H,8-12,14-15H2,1-3H3,(H,34,35,36)/t16-/m1/s1. The average Bonchev–Trinajstić information content (AvgIpc) is 3.41. The number of nitrogens with one attached hydrogen (secondary N) is 1. The van der Waals surface area contributed by atoms with Gasteiger partial charge in [0.2, 0.25) is 5.91 Å². The Hall–Kier alpha value is -3.66. The first kappa shape index (κ1) is 26.6. The number of amides is 1. The van der Waals surface area contributed by atoms with Crippen molar-refractivity contribution in [3.8, 4) is 5.75 Å². The minimum Gasteiger partial charge on any atom is -0.492 e. The lowest BCUT2D eigenvalue weighted by atomic mass is 9.92. The van der Waals surface area contributed by atoms with Crippen molar-refractivity contribution in [2.75, 3.05) is 45.2 Å². The third-order valence-electron chi connectivity index (χ3n) is 8.14. The van der Waals surface area contributed by atoms with E-state index in [0.29, 0.717) is 44.2 Å². The Labute approximate surface area is 231 Å². The number of carbonyl (C=O) groups is 1.